The number of carbonyl (C=O) groups excluding carboxylic acids is 1. The average molecular weight is 249 g/mol. The first-order valence-corrected chi connectivity index (χ1v) is 6.63. The van der Waals surface area contributed by atoms with Crippen LogP contribution in [0.4, 0.5) is 0 Å². The summed E-state index contributed by atoms with van der Waals surface area (Å²) in [5.74, 6) is 0.612. The molecule has 5 nitrogen and oxygen atoms in total. The summed E-state index contributed by atoms with van der Waals surface area (Å²) >= 11 is 0. The predicted octanol–water partition coefficient (Wildman–Crippen LogP) is 1.54. The van der Waals surface area contributed by atoms with Crippen molar-refractivity contribution in [2.75, 3.05) is 13.2 Å². The van der Waals surface area contributed by atoms with Gasteiger partial charge < -0.3 is 9.64 Å². The molecule has 2 heterocycles. The zero-order valence-corrected chi connectivity index (χ0v) is 10.8. The summed E-state index contributed by atoms with van der Waals surface area (Å²) in [4.78, 5) is 14.3. The van der Waals surface area contributed by atoms with Crippen LogP contribution < -0.4 is 0 Å². The molecule has 0 bridgehead atoms. The molecule has 0 spiro atoms. The van der Waals surface area contributed by atoms with Crippen LogP contribution in [0.15, 0.2) is 6.07 Å². The Morgan fingerprint density at radius 3 is 3.00 bits per heavy atom. The Kier molecular flexibility index (Phi) is 2.86. The van der Waals surface area contributed by atoms with Gasteiger partial charge in [-0.3, -0.25) is 9.89 Å². The van der Waals surface area contributed by atoms with Gasteiger partial charge in [-0.25, -0.2) is 0 Å². The van der Waals surface area contributed by atoms with Gasteiger partial charge in [-0.1, -0.05) is 0 Å². The van der Waals surface area contributed by atoms with Gasteiger partial charge in [-0.2, -0.15) is 5.10 Å². The Bertz CT molecular complexity index is 453. The van der Waals surface area contributed by atoms with E-state index >= 15 is 0 Å². The van der Waals surface area contributed by atoms with E-state index in [-0.39, 0.29) is 18.1 Å². The first-order chi connectivity index (χ1) is 8.65. The third-order valence-corrected chi connectivity index (χ3v) is 3.70. The number of aromatic amines is 1. The monoisotopic (exact) mass is 249 g/mol. The largest absolute Gasteiger partial charge is 0.375 e. The van der Waals surface area contributed by atoms with Crippen LogP contribution in [0.2, 0.25) is 0 Å². The molecule has 2 aliphatic rings. The number of hydrogen-bond acceptors (Lipinski definition) is 3. The lowest BCUT2D eigenvalue weighted by molar-refractivity contribution is -0.0389. The Morgan fingerprint density at radius 1 is 1.50 bits per heavy atom. The maximum Gasteiger partial charge on any atom is 0.274 e. The van der Waals surface area contributed by atoms with Crippen LogP contribution in [0.25, 0.3) is 0 Å². The van der Waals surface area contributed by atoms with Gasteiger partial charge in [0.15, 0.2) is 0 Å². The molecule has 1 aromatic rings. The number of carbonyl (C=O) groups is 1. The summed E-state index contributed by atoms with van der Waals surface area (Å²) in [6.07, 6.45) is 2.52. The molecule has 1 amide bonds. The normalized spacial score (nSPS) is 28.4. The Morgan fingerprint density at radius 2 is 2.28 bits per heavy atom. The van der Waals surface area contributed by atoms with Crippen molar-refractivity contribution >= 4 is 5.91 Å². The predicted molar refractivity (Wildman–Crippen MR) is 66.5 cm³/mol. The van der Waals surface area contributed by atoms with Crippen molar-refractivity contribution < 1.29 is 9.53 Å². The second kappa shape index (κ2) is 4.39. The number of rotatable bonds is 2. The van der Waals surface area contributed by atoms with E-state index in [0.717, 1.165) is 5.69 Å². The fourth-order valence-corrected chi connectivity index (χ4v) is 2.38. The van der Waals surface area contributed by atoms with Gasteiger partial charge in [0.2, 0.25) is 0 Å². The lowest BCUT2D eigenvalue weighted by Crippen LogP contribution is -2.50. The van der Waals surface area contributed by atoms with Crippen LogP contribution in [-0.2, 0) is 4.74 Å². The van der Waals surface area contributed by atoms with Gasteiger partial charge in [-0.05, 0) is 32.8 Å². The summed E-state index contributed by atoms with van der Waals surface area (Å²) < 4.78 is 5.54. The number of amides is 1. The molecular weight excluding hydrogens is 230 g/mol. The van der Waals surface area contributed by atoms with Crippen molar-refractivity contribution in [2.24, 2.45) is 0 Å². The summed E-state index contributed by atoms with van der Waals surface area (Å²) in [6, 6.07) is 2.03. The lowest BCUT2D eigenvalue weighted by atomic mass is 10.2. The van der Waals surface area contributed by atoms with Crippen LogP contribution in [0, 0.1) is 0 Å². The highest BCUT2D eigenvalue weighted by atomic mass is 16.5. The van der Waals surface area contributed by atoms with Crippen molar-refractivity contribution in [1.29, 1.82) is 0 Å². The molecule has 1 saturated carbocycles. The standard InChI is InChI=1S/C13H19N3O2/c1-8-7-18-9(2)6-16(8)13(17)12-5-11(14-15-12)10-3-4-10/h5,8-10H,3-4,6-7H2,1-2H3,(H,14,15)/t8-,9+/m1/s1. The quantitative estimate of drug-likeness (QED) is 0.865. The topological polar surface area (TPSA) is 58.2 Å². The van der Waals surface area contributed by atoms with Crippen LogP contribution >= 0.6 is 0 Å². The highest BCUT2D eigenvalue weighted by Crippen LogP contribution is 2.39. The van der Waals surface area contributed by atoms with Crippen LogP contribution in [-0.4, -0.2) is 46.3 Å². The molecule has 98 valence electrons. The van der Waals surface area contributed by atoms with Gasteiger partial charge in [0.05, 0.1) is 18.8 Å². The van der Waals surface area contributed by atoms with E-state index in [4.69, 9.17) is 4.74 Å². The van der Waals surface area contributed by atoms with E-state index < -0.39 is 0 Å². The number of hydrogen-bond donors (Lipinski definition) is 1. The Labute approximate surface area is 107 Å². The zero-order valence-electron chi connectivity index (χ0n) is 10.8. The second-order valence-corrected chi connectivity index (χ2v) is 5.43. The minimum atomic E-state index is 0.0146. The van der Waals surface area contributed by atoms with Gasteiger partial charge >= 0.3 is 0 Å². The average Bonchev–Trinajstić information content (AvgIpc) is 3.09. The molecule has 0 unspecified atom stereocenters. The molecule has 3 rings (SSSR count). The fraction of sp³-hybridized carbons (Fsp3) is 0.692. The van der Waals surface area contributed by atoms with Crippen molar-refractivity contribution in [2.45, 2.75) is 44.8 Å². The fourth-order valence-electron chi connectivity index (χ4n) is 2.38. The highest BCUT2D eigenvalue weighted by Gasteiger charge is 2.31. The number of morpholine rings is 1. The van der Waals surface area contributed by atoms with Crippen molar-refractivity contribution in [3.63, 3.8) is 0 Å². The SMILES string of the molecule is C[C@@H]1CO[C@@H](C)CN1C(=O)c1cc(C2CC2)[nH]n1. The number of H-pyrrole nitrogens is 1. The molecule has 2 fully saturated rings. The number of aromatic nitrogens is 2. The molecule has 0 radical (unpaired) electrons. The molecule has 5 heteroatoms. The molecule has 18 heavy (non-hydrogen) atoms. The van der Waals surface area contributed by atoms with Gasteiger partial charge in [0.25, 0.3) is 5.91 Å². The molecule has 1 saturated heterocycles. The van der Waals surface area contributed by atoms with Crippen molar-refractivity contribution in [1.82, 2.24) is 15.1 Å². The minimum absolute atomic E-state index is 0.0146. The van der Waals surface area contributed by atoms with E-state index in [9.17, 15) is 4.79 Å². The molecule has 1 N–H and O–H groups in total. The molecule has 1 aliphatic heterocycles. The maximum absolute atomic E-state index is 12.4. The van der Waals surface area contributed by atoms with E-state index in [2.05, 4.69) is 10.2 Å². The molecule has 0 aromatic carbocycles. The minimum Gasteiger partial charge on any atom is -0.375 e. The Hall–Kier alpha value is -1.36. The van der Waals surface area contributed by atoms with Gasteiger partial charge in [-0.15, -0.1) is 0 Å². The first-order valence-electron chi connectivity index (χ1n) is 6.63. The van der Waals surface area contributed by atoms with Crippen LogP contribution in [0.1, 0.15) is 48.8 Å². The van der Waals surface area contributed by atoms with Crippen molar-refractivity contribution in [3.05, 3.63) is 17.5 Å². The zero-order chi connectivity index (χ0) is 12.7. The summed E-state index contributed by atoms with van der Waals surface area (Å²) in [6.45, 7) is 5.25. The summed E-state index contributed by atoms with van der Waals surface area (Å²) in [5, 5.41) is 7.14. The molecule has 2 atom stereocenters. The van der Waals surface area contributed by atoms with Gasteiger partial charge in [0, 0.05) is 18.2 Å². The Balaban J connectivity index is 1.75. The summed E-state index contributed by atoms with van der Waals surface area (Å²) in [5.41, 5.74) is 1.64. The van der Waals surface area contributed by atoms with E-state index in [0.29, 0.717) is 24.8 Å². The van der Waals surface area contributed by atoms with E-state index in [1.54, 1.807) is 0 Å². The van der Waals surface area contributed by atoms with E-state index in [1.165, 1.54) is 12.8 Å². The maximum atomic E-state index is 12.4. The lowest BCUT2D eigenvalue weighted by Gasteiger charge is -2.36. The number of nitrogens with one attached hydrogen (secondary N) is 1. The third kappa shape index (κ3) is 2.14. The van der Waals surface area contributed by atoms with Crippen LogP contribution in [0.5, 0.6) is 0 Å². The first kappa shape index (κ1) is 11.7. The molecular formula is C13H19N3O2. The van der Waals surface area contributed by atoms with Crippen LogP contribution in [0.3, 0.4) is 0 Å². The highest BCUT2D eigenvalue weighted by molar-refractivity contribution is 5.92. The van der Waals surface area contributed by atoms with Crippen molar-refractivity contribution in [3.8, 4) is 0 Å². The second-order valence-electron chi connectivity index (χ2n) is 5.43. The third-order valence-electron chi connectivity index (χ3n) is 3.70. The van der Waals surface area contributed by atoms with E-state index in [1.807, 2.05) is 24.8 Å². The molecule has 1 aliphatic carbocycles. The summed E-state index contributed by atoms with van der Waals surface area (Å²) in [7, 11) is 0. The van der Waals surface area contributed by atoms with Gasteiger partial charge in [0.1, 0.15) is 5.69 Å². The number of nitrogens with zero attached hydrogens (tertiary/aromatic N) is 2. The smallest absolute Gasteiger partial charge is 0.274 e. The molecule has 1 aromatic heterocycles. The number of ether oxygens (including phenoxy) is 1.